The Balaban J connectivity index is 1.81. The maximum Gasteiger partial charge on any atom is 0.194 e. The number of β-amino-alcohol motifs (C(OH)–C–C–N with tert-alkyl or cyclic N) is 1. The molecule has 6 nitrogen and oxygen atoms in total. The molecule has 0 unspecified atom stereocenters. The molecular formula is C16H23N5O. The third-order valence-corrected chi connectivity index (χ3v) is 4.05. The monoisotopic (exact) mass is 301 g/mol. The first-order chi connectivity index (χ1) is 10.7. The number of hydrogen-bond acceptors (Lipinski definition) is 3. The van der Waals surface area contributed by atoms with E-state index in [0.29, 0.717) is 13.1 Å². The van der Waals surface area contributed by atoms with Crippen LogP contribution in [0.3, 0.4) is 0 Å². The average molecular weight is 301 g/mol. The molecular weight excluding hydrogens is 278 g/mol. The van der Waals surface area contributed by atoms with E-state index in [1.807, 2.05) is 25.2 Å². The van der Waals surface area contributed by atoms with Crippen molar-refractivity contribution in [2.24, 2.45) is 12.0 Å². The molecule has 22 heavy (non-hydrogen) atoms. The van der Waals surface area contributed by atoms with Crippen LogP contribution in [0, 0.1) is 0 Å². The summed E-state index contributed by atoms with van der Waals surface area (Å²) in [5, 5.41) is 13.0. The number of fused-ring (bicyclic) bond motifs is 1. The Hall–Kier alpha value is -2.08. The number of para-hydroxylation sites is 2. The Morgan fingerprint density at radius 1 is 1.45 bits per heavy atom. The van der Waals surface area contributed by atoms with Gasteiger partial charge in [0.15, 0.2) is 5.96 Å². The van der Waals surface area contributed by atoms with Crippen molar-refractivity contribution >= 4 is 17.0 Å². The van der Waals surface area contributed by atoms with Gasteiger partial charge in [-0.2, -0.15) is 0 Å². The number of aromatic nitrogens is 2. The van der Waals surface area contributed by atoms with Crippen molar-refractivity contribution in [3.05, 3.63) is 30.1 Å². The summed E-state index contributed by atoms with van der Waals surface area (Å²) < 4.78 is 2.08. The maximum absolute atomic E-state index is 9.70. The summed E-state index contributed by atoms with van der Waals surface area (Å²) in [7, 11) is 2.02. The Morgan fingerprint density at radius 2 is 2.27 bits per heavy atom. The second kappa shape index (κ2) is 6.36. The number of imidazole rings is 1. The molecule has 0 bridgehead atoms. The van der Waals surface area contributed by atoms with Crippen LogP contribution in [0.15, 0.2) is 29.3 Å². The predicted molar refractivity (Wildman–Crippen MR) is 87.7 cm³/mol. The SMILES string of the molecule is CCNC(=NCc1nc2ccccc2n1C)N1CC[C@@H](O)C1. The molecule has 2 N–H and O–H groups in total. The summed E-state index contributed by atoms with van der Waals surface area (Å²) in [6.45, 7) is 4.88. The van der Waals surface area contributed by atoms with Gasteiger partial charge in [-0.3, -0.25) is 0 Å². The van der Waals surface area contributed by atoms with Crippen LogP contribution in [-0.4, -0.2) is 51.3 Å². The van der Waals surface area contributed by atoms with E-state index in [-0.39, 0.29) is 6.10 Å². The van der Waals surface area contributed by atoms with E-state index in [9.17, 15) is 5.11 Å². The Labute approximate surface area is 130 Å². The van der Waals surface area contributed by atoms with Crippen LogP contribution in [0.25, 0.3) is 11.0 Å². The predicted octanol–water partition coefficient (Wildman–Crippen LogP) is 1.11. The van der Waals surface area contributed by atoms with E-state index in [1.165, 1.54) is 0 Å². The van der Waals surface area contributed by atoms with E-state index in [1.54, 1.807) is 0 Å². The van der Waals surface area contributed by atoms with E-state index in [2.05, 4.69) is 32.8 Å². The number of hydrogen-bond donors (Lipinski definition) is 2. The summed E-state index contributed by atoms with van der Waals surface area (Å²) in [5.41, 5.74) is 2.12. The highest BCUT2D eigenvalue weighted by atomic mass is 16.3. The van der Waals surface area contributed by atoms with Crippen molar-refractivity contribution in [2.45, 2.75) is 26.0 Å². The zero-order valence-electron chi connectivity index (χ0n) is 13.2. The minimum atomic E-state index is -0.250. The van der Waals surface area contributed by atoms with E-state index in [4.69, 9.17) is 4.99 Å². The van der Waals surface area contributed by atoms with Gasteiger partial charge in [-0.25, -0.2) is 9.98 Å². The number of benzene rings is 1. The first kappa shape index (κ1) is 14.8. The van der Waals surface area contributed by atoms with Crippen molar-refractivity contribution in [1.82, 2.24) is 19.8 Å². The highest BCUT2D eigenvalue weighted by Gasteiger charge is 2.22. The quantitative estimate of drug-likeness (QED) is 0.658. The smallest absolute Gasteiger partial charge is 0.194 e. The van der Waals surface area contributed by atoms with Crippen LogP contribution >= 0.6 is 0 Å². The highest BCUT2D eigenvalue weighted by molar-refractivity contribution is 5.80. The number of aliphatic hydroxyl groups excluding tert-OH is 1. The minimum absolute atomic E-state index is 0.250. The lowest BCUT2D eigenvalue weighted by atomic mass is 10.3. The van der Waals surface area contributed by atoms with Gasteiger partial charge in [0.2, 0.25) is 0 Å². The summed E-state index contributed by atoms with van der Waals surface area (Å²) in [4.78, 5) is 11.4. The number of aliphatic hydroxyl groups is 1. The maximum atomic E-state index is 9.70. The van der Waals surface area contributed by atoms with E-state index in [0.717, 1.165) is 42.3 Å². The molecule has 3 rings (SSSR count). The van der Waals surface area contributed by atoms with Crippen LogP contribution in [0.4, 0.5) is 0 Å². The summed E-state index contributed by atoms with van der Waals surface area (Å²) in [6.07, 6.45) is 0.552. The molecule has 1 aliphatic heterocycles. The fourth-order valence-electron chi connectivity index (χ4n) is 2.84. The highest BCUT2D eigenvalue weighted by Crippen LogP contribution is 2.15. The van der Waals surface area contributed by atoms with E-state index >= 15 is 0 Å². The van der Waals surface area contributed by atoms with Gasteiger partial charge in [-0.05, 0) is 25.5 Å². The molecule has 0 aliphatic carbocycles. The van der Waals surface area contributed by atoms with Crippen molar-refractivity contribution in [3.63, 3.8) is 0 Å². The van der Waals surface area contributed by atoms with Gasteiger partial charge >= 0.3 is 0 Å². The van der Waals surface area contributed by atoms with Gasteiger partial charge in [0.25, 0.3) is 0 Å². The lowest BCUT2D eigenvalue weighted by Crippen LogP contribution is -2.40. The molecule has 2 aromatic rings. The lowest BCUT2D eigenvalue weighted by molar-refractivity contribution is 0.188. The molecule has 1 aromatic carbocycles. The summed E-state index contributed by atoms with van der Waals surface area (Å²) in [6, 6.07) is 8.10. The van der Waals surface area contributed by atoms with Crippen molar-refractivity contribution in [1.29, 1.82) is 0 Å². The molecule has 0 amide bonds. The molecule has 1 atom stereocenters. The van der Waals surface area contributed by atoms with Gasteiger partial charge in [0.1, 0.15) is 12.4 Å². The lowest BCUT2D eigenvalue weighted by Gasteiger charge is -2.20. The van der Waals surface area contributed by atoms with Crippen LogP contribution in [0.2, 0.25) is 0 Å². The Morgan fingerprint density at radius 3 is 2.95 bits per heavy atom. The Kier molecular flexibility index (Phi) is 4.29. The van der Waals surface area contributed by atoms with Crippen LogP contribution in [0.5, 0.6) is 0 Å². The fraction of sp³-hybridized carbons (Fsp3) is 0.500. The molecule has 2 heterocycles. The van der Waals surface area contributed by atoms with E-state index < -0.39 is 0 Å². The standard InChI is InChI=1S/C16H23N5O/c1-3-17-16(21-9-8-12(22)11-21)18-10-15-19-13-6-4-5-7-14(13)20(15)2/h4-7,12,22H,3,8-11H2,1-2H3,(H,17,18)/t12-/m1/s1. The minimum Gasteiger partial charge on any atom is -0.391 e. The number of aliphatic imine (C=N–C) groups is 1. The molecule has 1 saturated heterocycles. The van der Waals surface area contributed by atoms with Gasteiger partial charge in [0, 0.05) is 26.7 Å². The normalized spacial score (nSPS) is 19.1. The number of rotatable bonds is 3. The number of nitrogens with zero attached hydrogens (tertiary/aromatic N) is 4. The fourth-order valence-corrected chi connectivity index (χ4v) is 2.84. The topological polar surface area (TPSA) is 65.7 Å². The van der Waals surface area contributed by atoms with Gasteiger partial charge in [-0.15, -0.1) is 0 Å². The first-order valence-corrected chi connectivity index (χ1v) is 7.80. The van der Waals surface area contributed by atoms with Gasteiger partial charge in [-0.1, -0.05) is 12.1 Å². The molecule has 0 spiro atoms. The number of guanidine groups is 1. The van der Waals surface area contributed by atoms with Crippen LogP contribution < -0.4 is 5.32 Å². The molecule has 1 aliphatic rings. The third kappa shape index (κ3) is 2.92. The van der Waals surface area contributed by atoms with Crippen molar-refractivity contribution in [2.75, 3.05) is 19.6 Å². The molecule has 6 heteroatoms. The summed E-state index contributed by atoms with van der Waals surface area (Å²) >= 11 is 0. The van der Waals surface area contributed by atoms with Crippen LogP contribution in [0.1, 0.15) is 19.2 Å². The zero-order valence-corrected chi connectivity index (χ0v) is 13.2. The summed E-state index contributed by atoms with van der Waals surface area (Å²) in [5.74, 6) is 1.79. The number of nitrogens with one attached hydrogen (secondary N) is 1. The molecule has 0 radical (unpaired) electrons. The molecule has 1 fully saturated rings. The third-order valence-electron chi connectivity index (χ3n) is 4.05. The zero-order chi connectivity index (χ0) is 15.5. The molecule has 118 valence electrons. The Bertz CT molecular complexity index is 678. The average Bonchev–Trinajstić information content (AvgIpc) is 3.08. The second-order valence-electron chi connectivity index (χ2n) is 5.63. The van der Waals surface area contributed by atoms with Crippen molar-refractivity contribution < 1.29 is 5.11 Å². The van der Waals surface area contributed by atoms with Crippen molar-refractivity contribution in [3.8, 4) is 0 Å². The largest absolute Gasteiger partial charge is 0.391 e. The van der Waals surface area contributed by atoms with Crippen LogP contribution in [-0.2, 0) is 13.6 Å². The van der Waals surface area contributed by atoms with Gasteiger partial charge in [0.05, 0.1) is 17.1 Å². The molecule has 0 saturated carbocycles. The number of aryl methyl sites for hydroxylation is 1. The number of likely N-dealkylation sites (tertiary alicyclic amines) is 1. The van der Waals surface area contributed by atoms with Gasteiger partial charge < -0.3 is 19.9 Å². The second-order valence-corrected chi connectivity index (χ2v) is 5.63. The molecule has 1 aromatic heterocycles. The first-order valence-electron chi connectivity index (χ1n) is 7.80.